The molecule has 0 aliphatic rings. The van der Waals surface area contributed by atoms with Gasteiger partial charge in [0.05, 0.1) is 32.6 Å². The smallest absolute Gasteiger partial charge is 0.338 e. The van der Waals surface area contributed by atoms with Gasteiger partial charge in [-0.25, -0.2) is 9.78 Å². The fourth-order valence-corrected chi connectivity index (χ4v) is 2.57. The van der Waals surface area contributed by atoms with Crippen LogP contribution in [-0.2, 0) is 11.3 Å². The summed E-state index contributed by atoms with van der Waals surface area (Å²) >= 11 is 0. The van der Waals surface area contributed by atoms with Crippen molar-refractivity contribution in [2.75, 3.05) is 21.3 Å². The Morgan fingerprint density at radius 1 is 1.07 bits per heavy atom. The molecular formula is C18H18N2O7. The number of hydrogen-bond donors (Lipinski definition) is 0. The van der Waals surface area contributed by atoms with Crippen LogP contribution >= 0.6 is 0 Å². The Hall–Kier alpha value is -3.49. The summed E-state index contributed by atoms with van der Waals surface area (Å²) in [6, 6.07) is 5.83. The van der Waals surface area contributed by atoms with E-state index in [9.17, 15) is 9.59 Å². The van der Waals surface area contributed by atoms with Crippen LogP contribution < -0.4 is 19.8 Å². The Kier molecular flexibility index (Phi) is 5.02. The van der Waals surface area contributed by atoms with Crippen molar-refractivity contribution in [2.45, 2.75) is 13.5 Å². The van der Waals surface area contributed by atoms with Crippen LogP contribution in [0.1, 0.15) is 21.8 Å². The van der Waals surface area contributed by atoms with E-state index in [-0.39, 0.29) is 12.2 Å². The second-order valence-corrected chi connectivity index (χ2v) is 5.57. The number of methoxy groups -OCH3 is 3. The zero-order valence-corrected chi connectivity index (χ0v) is 15.3. The molecule has 0 unspecified atom stereocenters. The van der Waals surface area contributed by atoms with E-state index in [1.54, 1.807) is 13.0 Å². The SMILES string of the molecule is COc1cc(C(=O)OCc2cc(=O)n3oc(C)cc3n2)cc(OC)c1OC. The van der Waals surface area contributed by atoms with Gasteiger partial charge in [0.15, 0.2) is 17.1 Å². The van der Waals surface area contributed by atoms with Crippen LogP contribution in [0, 0.1) is 6.92 Å². The molecule has 27 heavy (non-hydrogen) atoms. The van der Waals surface area contributed by atoms with Gasteiger partial charge in [0.25, 0.3) is 5.56 Å². The third kappa shape index (κ3) is 3.57. The van der Waals surface area contributed by atoms with Crippen LogP contribution in [0.4, 0.5) is 0 Å². The van der Waals surface area contributed by atoms with Crippen molar-refractivity contribution < 1.29 is 28.3 Å². The molecule has 0 saturated carbocycles. The van der Waals surface area contributed by atoms with Gasteiger partial charge in [-0.05, 0) is 19.1 Å². The Morgan fingerprint density at radius 3 is 2.33 bits per heavy atom. The van der Waals surface area contributed by atoms with Crippen molar-refractivity contribution in [3.05, 3.63) is 51.6 Å². The predicted octanol–water partition coefficient (Wildman–Crippen LogP) is 1.98. The first-order chi connectivity index (χ1) is 13.0. The van der Waals surface area contributed by atoms with Crippen molar-refractivity contribution in [1.29, 1.82) is 0 Å². The number of nitrogens with zero attached hydrogens (tertiary/aromatic N) is 2. The zero-order valence-electron chi connectivity index (χ0n) is 15.3. The van der Waals surface area contributed by atoms with Gasteiger partial charge in [0, 0.05) is 12.1 Å². The average molecular weight is 374 g/mol. The van der Waals surface area contributed by atoms with Gasteiger partial charge in [-0.2, -0.15) is 0 Å². The molecule has 0 saturated heterocycles. The molecule has 0 radical (unpaired) electrons. The van der Waals surface area contributed by atoms with E-state index in [0.717, 1.165) is 4.57 Å². The van der Waals surface area contributed by atoms with Crippen LogP contribution in [0.2, 0.25) is 0 Å². The van der Waals surface area contributed by atoms with Crippen molar-refractivity contribution >= 4 is 11.6 Å². The standard InChI is InChI=1S/C18H18N2O7/c1-10-5-15-19-12(8-16(21)20(15)27-10)9-26-18(22)11-6-13(23-2)17(25-4)14(7-11)24-3/h5-8H,9H2,1-4H3. The summed E-state index contributed by atoms with van der Waals surface area (Å²) in [6.45, 7) is 1.53. The fraction of sp³-hybridized carbons (Fsp3) is 0.278. The lowest BCUT2D eigenvalue weighted by atomic mass is 10.2. The summed E-state index contributed by atoms with van der Waals surface area (Å²) < 4.78 is 27.2. The Morgan fingerprint density at radius 2 is 1.74 bits per heavy atom. The van der Waals surface area contributed by atoms with Gasteiger partial charge >= 0.3 is 5.97 Å². The number of carbonyl (C=O) groups is 1. The van der Waals surface area contributed by atoms with Crippen molar-refractivity contribution in [1.82, 2.24) is 9.56 Å². The van der Waals surface area contributed by atoms with E-state index in [1.807, 2.05) is 0 Å². The van der Waals surface area contributed by atoms with Crippen LogP contribution in [-0.4, -0.2) is 36.9 Å². The number of ether oxygens (including phenoxy) is 4. The number of aryl methyl sites for hydroxylation is 1. The van der Waals surface area contributed by atoms with Gasteiger partial charge in [-0.3, -0.25) is 4.79 Å². The second kappa shape index (κ2) is 7.40. The maximum atomic E-state index is 12.4. The van der Waals surface area contributed by atoms with Crippen LogP contribution in [0.5, 0.6) is 17.2 Å². The summed E-state index contributed by atoms with van der Waals surface area (Å²) in [4.78, 5) is 28.6. The normalized spacial score (nSPS) is 10.7. The van der Waals surface area contributed by atoms with E-state index >= 15 is 0 Å². The summed E-state index contributed by atoms with van der Waals surface area (Å²) in [7, 11) is 4.37. The number of rotatable bonds is 6. The number of esters is 1. The molecular weight excluding hydrogens is 356 g/mol. The molecule has 9 heteroatoms. The van der Waals surface area contributed by atoms with Crippen LogP contribution in [0.25, 0.3) is 5.65 Å². The van der Waals surface area contributed by atoms with Crippen molar-refractivity contribution in [3.63, 3.8) is 0 Å². The highest BCUT2D eigenvalue weighted by Crippen LogP contribution is 2.38. The van der Waals surface area contributed by atoms with Gasteiger partial charge < -0.3 is 23.5 Å². The van der Waals surface area contributed by atoms with Crippen molar-refractivity contribution in [3.8, 4) is 17.2 Å². The molecule has 9 nitrogen and oxygen atoms in total. The molecule has 2 heterocycles. The number of fused-ring (bicyclic) bond motifs is 1. The van der Waals surface area contributed by atoms with E-state index in [2.05, 4.69) is 4.98 Å². The van der Waals surface area contributed by atoms with Crippen LogP contribution in [0.15, 0.2) is 33.6 Å². The molecule has 0 bridgehead atoms. The highest BCUT2D eigenvalue weighted by Gasteiger charge is 2.18. The van der Waals surface area contributed by atoms with E-state index in [0.29, 0.717) is 34.3 Å². The minimum absolute atomic E-state index is 0.175. The second-order valence-electron chi connectivity index (χ2n) is 5.57. The molecule has 3 aromatic rings. The molecule has 0 aliphatic carbocycles. The first-order valence-corrected chi connectivity index (χ1v) is 7.93. The molecule has 0 N–H and O–H groups in total. The minimum atomic E-state index is -0.625. The van der Waals surface area contributed by atoms with Gasteiger partial charge in [0.2, 0.25) is 5.75 Å². The number of aromatic nitrogens is 2. The number of hydrogen-bond acceptors (Lipinski definition) is 8. The van der Waals surface area contributed by atoms with Crippen LogP contribution in [0.3, 0.4) is 0 Å². The maximum Gasteiger partial charge on any atom is 0.338 e. The predicted molar refractivity (Wildman–Crippen MR) is 93.7 cm³/mol. The third-order valence-electron chi connectivity index (χ3n) is 3.78. The minimum Gasteiger partial charge on any atom is -0.493 e. The Bertz CT molecular complexity index is 1030. The van der Waals surface area contributed by atoms with Gasteiger partial charge in [-0.1, -0.05) is 0 Å². The van der Waals surface area contributed by atoms with Gasteiger partial charge in [-0.15, -0.1) is 4.57 Å². The lowest BCUT2D eigenvalue weighted by Gasteiger charge is -2.13. The lowest BCUT2D eigenvalue weighted by Crippen LogP contribution is -2.15. The van der Waals surface area contributed by atoms with Crippen molar-refractivity contribution in [2.24, 2.45) is 0 Å². The van der Waals surface area contributed by atoms with E-state index in [4.69, 9.17) is 23.5 Å². The summed E-state index contributed by atoms with van der Waals surface area (Å²) in [6.07, 6.45) is 0. The third-order valence-corrected chi connectivity index (χ3v) is 3.78. The number of benzene rings is 1. The topological polar surface area (TPSA) is 102 Å². The quantitative estimate of drug-likeness (QED) is 0.604. The Labute approximate surface area is 154 Å². The largest absolute Gasteiger partial charge is 0.493 e. The highest BCUT2D eigenvalue weighted by atomic mass is 16.5. The first kappa shape index (κ1) is 18.3. The number of carbonyl (C=O) groups excluding carboxylic acids is 1. The molecule has 2 aromatic heterocycles. The van der Waals surface area contributed by atoms with E-state index in [1.165, 1.54) is 39.5 Å². The fourth-order valence-electron chi connectivity index (χ4n) is 2.57. The molecule has 0 spiro atoms. The maximum absolute atomic E-state index is 12.4. The molecule has 0 amide bonds. The lowest BCUT2D eigenvalue weighted by molar-refractivity contribution is 0.0466. The molecule has 0 fully saturated rings. The molecule has 0 atom stereocenters. The molecule has 1 aromatic carbocycles. The molecule has 0 aliphatic heterocycles. The summed E-state index contributed by atoms with van der Waals surface area (Å²) in [5.74, 6) is 0.948. The Balaban J connectivity index is 1.83. The zero-order chi connectivity index (χ0) is 19.6. The first-order valence-electron chi connectivity index (χ1n) is 7.93. The van der Waals surface area contributed by atoms with Gasteiger partial charge in [0.1, 0.15) is 12.4 Å². The monoisotopic (exact) mass is 374 g/mol. The average Bonchev–Trinajstić information content (AvgIpc) is 3.05. The van der Waals surface area contributed by atoms with E-state index < -0.39 is 11.5 Å². The summed E-state index contributed by atoms with van der Waals surface area (Å²) in [5, 5.41) is 0. The highest BCUT2D eigenvalue weighted by molar-refractivity contribution is 5.91. The molecule has 3 rings (SSSR count). The summed E-state index contributed by atoms with van der Waals surface area (Å²) in [5.41, 5.74) is 0.466. The molecule has 142 valence electrons.